The number of nitrogens with zero attached hydrogens (tertiary/aromatic N) is 2. The molecule has 0 aromatic rings. The molecular weight excluding hydrogens is 418 g/mol. The van der Waals surface area contributed by atoms with Crippen LogP contribution in [0, 0.1) is 11.8 Å². The van der Waals surface area contributed by atoms with Crippen molar-refractivity contribution in [2.24, 2.45) is 11.8 Å². The first-order valence-corrected chi connectivity index (χ1v) is 12.4. The average Bonchev–Trinajstić information content (AvgIpc) is 2.74. The summed E-state index contributed by atoms with van der Waals surface area (Å²) in [5.41, 5.74) is -0.0578. The fourth-order valence-electron chi connectivity index (χ4n) is 3.95. The number of hydrogen-bond acceptors (Lipinski definition) is 5. The van der Waals surface area contributed by atoms with Crippen LogP contribution >= 0.6 is 0 Å². The maximum atomic E-state index is 12.9. The molecule has 0 aromatic carbocycles. The highest BCUT2D eigenvalue weighted by molar-refractivity contribution is 5.91. The van der Waals surface area contributed by atoms with Gasteiger partial charge in [0.05, 0.1) is 24.7 Å². The van der Waals surface area contributed by atoms with Crippen molar-refractivity contribution in [3.8, 4) is 0 Å². The molecular formula is C26H49N3O4. The van der Waals surface area contributed by atoms with Gasteiger partial charge in [-0.1, -0.05) is 60.0 Å². The second-order valence-electron chi connectivity index (χ2n) is 10.2. The smallest absolute Gasteiger partial charge is 0.333 e. The Kier molecular flexibility index (Phi) is 14.2. The lowest BCUT2D eigenvalue weighted by molar-refractivity contribution is -0.139. The Bertz CT molecular complexity index is 647. The first-order valence-electron chi connectivity index (χ1n) is 12.4. The van der Waals surface area contributed by atoms with Crippen LogP contribution < -0.4 is 5.32 Å². The van der Waals surface area contributed by atoms with E-state index in [9.17, 15) is 14.4 Å². The summed E-state index contributed by atoms with van der Waals surface area (Å²) in [4.78, 5) is 41.2. The third-order valence-electron chi connectivity index (χ3n) is 5.90. The van der Waals surface area contributed by atoms with Gasteiger partial charge in [0.2, 0.25) is 11.8 Å². The number of likely N-dealkylation sites (N-methyl/N-ethyl adjacent to an activating group) is 2. The second kappa shape index (κ2) is 15.1. The van der Waals surface area contributed by atoms with Gasteiger partial charge >= 0.3 is 5.97 Å². The fraction of sp³-hybridized carbons (Fsp3) is 0.808. The van der Waals surface area contributed by atoms with E-state index in [1.807, 2.05) is 32.8 Å². The Labute approximate surface area is 202 Å². The van der Waals surface area contributed by atoms with E-state index in [0.29, 0.717) is 12.2 Å². The maximum Gasteiger partial charge on any atom is 0.333 e. The van der Waals surface area contributed by atoms with Crippen LogP contribution in [0.4, 0.5) is 0 Å². The summed E-state index contributed by atoms with van der Waals surface area (Å²) in [7, 11) is 5.56. The first-order chi connectivity index (χ1) is 15.3. The van der Waals surface area contributed by atoms with Crippen LogP contribution in [0.15, 0.2) is 11.6 Å². The zero-order valence-corrected chi connectivity index (χ0v) is 22.8. The Morgan fingerprint density at radius 3 is 1.94 bits per heavy atom. The SMILES string of the molecule is CC(C)C.CCOC(=O)/C(C)=C/[C@H](C(C)C)N(C)C(=O)CNC(=O)C1(N(C)C)CCCCC1. The van der Waals surface area contributed by atoms with Gasteiger partial charge in [-0.15, -0.1) is 0 Å². The molecule has 1 saturated carbocycles. The highest BCUT2D eigenvalue weighted by Gasteiger charge is 2.41. The molecule has 7 heteroatoms. The van der Waals surface area contributed by atoms with Gasteiger partial charge in [0, 0.05) is 12.6 Å². The molecule has 192 valence electrons. The predicted molar refractivity (Wildman–Crippen MR) is 135 cm³/mol. The second-order valence-corrected chi connectivity index (χ2v) is 10.2. The summed E-state index contributed by atoms with van der Waals surface area (Å²) in [6.45, 7) is 14.2. The molecule has 0 heterocycles. The lowest BCUT2D eigenvalue weighted by Gasteiger charge is -2.41. The number of carbonyl (C=O) groups excluding carboxylic acids is 3. The van der Waals surface area contributed by atoms with E-state index in [0.717, 1.165) is 38.0 Å². The third kappa shape index (κ3) is 10.3. The standard InChI is InChI=1S/C22H39N3O4.C4H10/c1-8-29-20(27)17(4)14-18(16(2)3)25(7)19(26)15-23-21(28)22(24(5)6)12-10-9-11-13-22;1-4(2)3/h14,16,18H,8-13,15H2,1-7H3,(H,23,28);4H,1-3H3/b17-14+;/t18-;/m1./s1. The summed E-state index contributed by atoms with van der Waals surface area (Å²) in [6.07, 6.45) is 6.58. The summed E-state index contributed by atoms with van der Waals surface area (Å²) in [5, 5.41) is 2.86. The average molecular weight is 468 g/mol. The number of ether oxygens (including phenoxy) is 1. The van der Waals surface area contributed by atoms with Crippen LogP contribution in [0.5, 0.6) is 0 Å². The summed E-state index contributed by atoms with van der Waals surface area (Å²) < 4.78 is 5.03. The molecule has 0 aliphatic heterocycles. The van der Waals surface area contributed by atoms with Crippen molar-refractivity contribution in [1.29, 1.82) is 0 Å². The van der Waals surface area contributed by atoms with Gasteiger partial charge in [-0.3, -0.25) is 14.5 Å². The van der Waals surface area contributed by atoms with Crippen molar-refractivity contribution in [1.82, 2.24) is 15.1 Å². The van der Waals surface area contributed by atoms with Gasteiger partial charge in [0.1, 0.15) is 0 Å². The quantitative estimate of drug-likeness (QED) is 0.409. The maximum absolute atomic E-state index is 12.9. The van der Waals surface area contributed by atoms with Gasteiger partial charge in [0.25, 0.3) is 0 Å². The number of rotatable bonds is 9. The largest absolute Gasteiger partial charge is 0.463 e. The topological polar surface area (TPSA) is 79.0 Å². The minimum atomic E-state index is -0.533. The van der Waals surface area contributed by atoms with Crippen LogP contribution in [0.3, 0.4) is 0 Å². The number of nitrogens with one attached hydrogen (secondary N) is 1. The van der Waals surface area contributed by atoms with Crippen molar-refractivity contribution >= 4 is 17.8 Å². The lowest BCUT2D eigenvalue weighted by Crippen LogP contribution is -2.58. The number of esters is 1. The number of amides is 2. The molecule has 0 aromatic heterocycles. The zero-order chi connectivity index (χ0) is 25.8. The third-order valence-corrected chi connectivity index (χ3v) is 5.90. The molecule has 1 atom stereocenters. The minimum Gasteiger partial charge on any atom is -0.463 e. The Hall–Kier alpha value is -1.89. The van der Waals surface area contributed by atoms with Crippen molar-refractivity contribution in [2.45, 2.75) is 92.2 Å². The van der Waals surface area contributed by atoms with E-state index in [4.69, 9.17) is 4.74 Å². The van der Waals surface area contributed by atoms with Gasteiger partial charge < -0.3 is 15.0 Å². The molecule has 1 rings (SSSR count). The van der Waals surface area contributed by atoms with E-state index in [1.165, 1.54) is 0 Å². The molecule has 1 aliphatic rings. The Morgan fingerprint density at radius 1 is 1.00 bits per heavy atom. The van der Waals surface area contributed by atoms with Gasteiger partial charge in [-0.25, -0.2) is 4.79 Å². The number of hydrogen-bond donors (Lipinski definition) is 1. The van der Waals surface area contributed by atoms with Gasteiger partial charge in [0.15, 0.2) is 0 Å². The molecule has 0 saturated heterocycles. The first kappa shape index (κ1) is 31.1. The van der Waals surface area contributed by atoms with Crippen LogP contribution in [-0.2, 0) is 19.1 Å². The van der Waals surface area contributed by atoms with Crippen LogP contribution in [0.25, 0.3) is 0 Å². The fourth-order valence-corrected chi connectivity index (χ4v) is 3.95. The van der Waals surface area contributed by atoms with Crippen molar-refractivity contribution in [3.63, 3.8) is 0 Å². The van der Waals surface area contributed by atoms with Crippen LogP contribution in [-0.4, -0.2) is 73.5 Å². The molecule has 0 unspecified atom stereocenters. The van der Waals surface area contributed by atoms with Crippen LogP contribution in [0.2, 0.25) is 0 Å². The lowest BCUT2D eigenvalue weighted by atomic mass is 9.80. The Morgan fingerprint density at radius 2 is 1.52 bits per heavy atom. The minimum absolute atomic E-state index is 0.0551. The Balaban J connectivity index is 0.00000235. The van der Waals surface area contributed by atoms with E-state index < -0.39 is 5.54 Å². The van der Waals surface area contributed by atoms with Gasteiger partial charge in [-0.2, -0.15) is 0 Å². The molecule has 1 N–H and O–H groups in total. The summed E-state index contributed by atoms with van der Waals surface area (Å²) >= 11 is 0. The van der Waals surface area contributed by atoms with E-state index in [1.54, 1.807) is 31.9 Å². The van der Waals surface area contributed by atoms with Gasteiger partial charge in [-0.05, 0) is 52.6 Å². The summed E-state index contributed by atoms with van der Waals surface area (Å²) in [6, 6.07) is -0.263. The molecule has 0 spiro atoms. The van der Waals surface area contributed by atoms with E-state index in [2.05, 4.69) is 26.1 Å². The van der Waals surface area contributed by atoms with E-state index in [-0.39, 0.29) is 36.3 Å². The monoisotopic (exact) mass is 467 g/mol. The highest BCUT2D eigenvalue weighted by Crippen LogP contribution is 2.32. The zero-order valence-electron chi connectivity index (χ0n) is 22.8. The van der Waals surface area contributed by atoms with Crippen molar-refractivity contribution in [2.75, 3.05) is 34.3 Å². The predicted octanol–water partition coefficient (Wildman–Crippen LogP) is 4.02. The van der Waals surface area contributed by atoms with Crippen LogP contribution in [0.1, 0.15) is 80.6 Å². The molecule has 1 aliphatic carbocycles. The summed E-state index contributed by atoms with van der Waals surface area (Å²) in [5.74, 6) is 0.297. The van der Waals surface area contributed by atoms with Crippen molar-refractivity contribution in [3.05, 3.63) is 11.6 Å². The molecule has 0 bridgehead atoms. The molecule has 1 fully saturated rings. The number of carbonyl (C=O) groups is 3. The highest BCUT2D eigenvalue weighted by atomic mass is 16.5. The molecule has 0 radical (unpaired) electrons. The van der Waals surface area contributed by atoms with E-state index >= 15 is 0 Å². The normalized spacial score (nSPS) is 16.7. The molecule has 7 nitrogen and oxygen atoms in total. The van der Waals surface area contributed by atoms with Crippen molar-refractivity contribution < 1.29 is 19.1 Å². The molecule has 2 amide bonds. The molecule has 33 heavy (non-hydrogen) atoms.